The molecule has 0 aliphatic rings. The van der Waals surface area contributed by atoms with Gasteiger partial charge in [-0.15, -0.1) is 0 Å². The second kappa shape index (κ2) is 5.74. The molecule has 0 spiro atoms. The molecule has 0 aliphatic heterocycles. The number of amides is 1. The predicted molar refractivity (Wildman–Crippen MR) is 77.9 cm³/mol. The fourth-order valence-corrected chi connectivity index (χ4v) is 2.08. The molecule has 20 heavy (non-hydrogen) atoms. The van der Waals surface area contributed by atoms with Crippen LogP contribution in [-0.2, 0) is 0 Å². The van der Waals surface area contributed by atoms with Crippen molar-refractivity contribution in [2.45, 2.75) is 19.9 Å². The Labute approximate surface area is 117 Å². The molecular weight excluding hydrogens is 255 g/mol. The number of benzene rings is 2. The molecule has 0 saturated carbocycles. The highest BCUT2D eigenvalue weighted by atomic mass is 19.1. The molecule has 1 unspecified atom stereocenters. The van der Waals surface area contributed by atoms with E-state index in [9.17, 15) is 9.18 Å². The van der Waals surface area contributed by atoms with E-state index in [1.807, 2.05) is 25.1 Å². The summed E-state index contributed by atoms with van der Waals surface area (Å²) in [5.74, 6) is -0.930. The molecule has 0 heterocycles. The zero-order valence-corrected chi connectivity index (χ0v) is 11.5. The van der Waals surface area contributed by atoms with E-state index in [1.165, 1.54) is 6.07 Å². The third kappa shape index (κ3) is 2.79. The molecule has 2 aromatic rings. The number of carbonyl (C=O) groups is 1. The van der Waals surface area contributed by atoms with Crippen LogP contribution >= 0.6 is 0 Å². The number of nitrogen functional groups attached to an aromatic ring is 1. The fourth-order valence-electron chi connectivity index (χ4n) is 2.08. The Morgan fingerprint density at radius 2 is 1.90 bits per heavy atom. The molecule has 0 aromatic heterocycles. The summed E-state index contributed by atoms with van der Waals surface area (Å²) >= 11 is 0. The van der Waals surface area contributed by atoms with Gasteiger partial charge in [0.2, 0.25) is 0 Å². The van der Waals surface area contributed by atoms with Crippen LogP contribution in [-0.4, -0.2) is 5.91 Å². The summed E-state index contributed by atoms with van der Waals surface area (Å²) < 4.78 is 13.9. The molecule has 4 heteroatoms. The minimum Gasteiger partial charge on any atom is -0.398 e. The topological polar surface area (TPSA) is 55.1 Å². The van der Waals surface area contributed by atoms with Gasteiger partial charge in [0.25, 0.3) is 5.91 Å². The minimum absolute atomic E-state index is 0.0475. The SMILES string of the molecule is Cc1cccc(C(=O)NC(C)c2ccccc2N)c1F. The van der Waals surface area contributed by atoms with Crippen LogP contribution in [0, 0.1) is 12.7 Å². The summed E-state index contributed by atoms with van der Waals surface area (Å²) in [5, 5.41) is 2.76. The van der Waals surface area contributed by atoms with Crippen molar-refractivity contribution in [3.63, 3.8) is 0 Å². The van der Waals surface area contributed by atoms with Crippen molar-refractivity contribution in [1.29, 1.82) is 0 Å². The van der Waals surface area contributed by atoms with Crippen LogP contribution in [0.15, 0.2) is 42.5 Å². The summed E-state index contributed by atoms with van der Waals surface area (Å²) in [5.41, 5.74) is 7.78. The van der Waals surface area contributed by atoms with E-state index in [0.717, 1.165) is 5.56 Å². The summed E-state index contributed by atoms with van der Waals surface area (Å²) in [7, 11) is 0. The minimum atomic E-state index is -0.488. The number of rotatable bonds is 3. The molecule has 2 rings (SSSR count). The van der Waals surface area contributed by atoms with Gasteiger partial charge in [-0.2, -0.15) is 0 Å². The zero-order chi connectivity index (χ0) is 14.7. The molecule has 2 aromatic carbocycles. The molecule has 0 radical (unpaired) electrons. The predicted octanol–water partition coefficient (Wildman–Crippen LogP) is 3.21. The molecule has 3 nitrogen and oxygen atoms in total. The molecule has 0 aliphatic carbocycles. The van der Waals surface area contributed by atoms with E-state index in [4.69, 9.17) is 5.73 Å². The van der Waals surface area contributed by atoms with Crippen molar-refractivity contribution in [2.24, 2.45) is 0 Å². The second-order valence-electron chi connectivity index (χ2n) is 4.76. The van der Waals surface area contributed by atoms with Crippen molar-refractivity contribution in [3.05, 3.63) is 65.0 Å². The monoisotopic (exact) mass is 272 g/mol. The van der Waals surface area contributed by atoms with Crippen molar-refractivity contribution in [1.82, 2.24) is 5.32 Å². The average Bonchev–Trinajstić information content (AvgIpc) is 2.42. The van der Waals surface area contributed by atoms with Crippen LogP contribution < -0.4 is 11.1 Å². The maximum absolute atomic E-state index is 13.9. The van der Waals surface area contributed by atoms with Gasteiger partial charge in [-0.25, -0.2) is 4.39 Å². The maximum Gasteiger partial charge on any atom is 0.254 e. The average molecular weight is 272 g/mol. The van der Waals surface area contributed by atoms with E-state index in [-0.39, 0.29) is 11.6 Å². The van der Waals surface area contributed by atoms with E-state index >= 15 is 0 Å². The van der Waals surface area contributed by atoms with Crippen molar-refractivity contribution < 1.29 is 9.18 Å². The number of para-hydroxylation sites is 1. The standard InChI is InChI=1S/C16H17FN2O/c1-10-6-5-8-13(15(10)17)16(20)19-11(2)12-7-3-4-9-14(12)18/h3-9,11H,18H2,1-2H3,(H,19,20). The van der Waals surface area contributed by atoms with Crippen molar-refractivity contribution in [3.8, 4) is 0 Å². The molecule has 1 amide bonds. The summed E-state index contributed by atoms with van der Waals surface area (Å²) in [4.78, 5) is 12.1. The zero-order valence-electron chi connectivity index (χ0n) is 11.5. The number of halogens is 1. The van der Waals surface area contributed by atoms with Crippen molar-refractivity contribution in [2.75, 3.05) is 5.73 Å². The summed E-state index contributed by atoms with van der Waals surface area (Å²) in [6.07, 6.45) is 0. The fraction of sp³-hybridized carbons (Fsp3) is 0.188. The van der Waals surface area contributed by atoms with Crippen LogP contribution in [0.3, 0.4) is 0 Å². The lowest BCUT2D eigenvalue weighted by molar-refractivity contribution is 0.0936. The first-order valence-electron chi connectivity index (χ1n) is 6.41. The number of nitrogens with two attached hydrogens (primary N) is 1. The Bertz CT molecular complexity index is 640. The number of aryl methyl sites for hydroxylation is 1. The Morgan fingerprint density at radius 3 is 2.60 bits per heavy atom. The van der Waals surface area contributed by atoms with Gasteiger partial charge in [0.1, 0.15) is 5.82 Å². The van der Waals surface area contributed by atoms with Gasteiger partial charge in [-0.3, -0.25) is 4.79 Å². The van der Waals surface area contributed by atoms with Crippen LogP contribution in [0.2, 0.25) is 0 Å². The third-order valence-corrected chi connectivity index (χ3v) is 3.25. The highest BCUT2D eigenvalue weighted by Gasteiger charge is 2.17. The van der Waals surface area contributed by atoms with E-state index in [0.29, 0.717) is 11.3 Å². The molecule has 0 bridgehead atoms. The van der Waals surface area contributed by atoms with Gasteiger partial charge < -0.3 is 11.1 Å². The number of hydrogen-bond acceptors (Lipinski definition) is 2. The maximum atomic E-state index is 13.9. The molecule has 3 N–H and O–H groups in total. The van der Waals surface area contributed by atoms with Gasteiger partial charge in [-0.1, -0.05) is 30.3 Å². The highest BCUT2D eigenvalue weighted by molar-refractivity contribution is 5.95. The first-order valence-corrected chi connectivity index (χ1v) is 6.41. The number of anilines is 1. The van der Waals surface area contributed by atoms with Gasteiger partial charge in [0.05, 0.1) is 11.6 Å². The normalized spacial score (nSPS) is 11.9. The Balaban J connectivity index is 2.20. The lowest BCUT2D eigenvalue weighted by Gasteiger charge is -2.16. The van der Waals surface area contributed by atoms with Gasteiger partial charge >= 0.3 is 0 Å². The van der Waals surface area contributed by atoms with E-state index < -0.39 is 11.7 Å². The van der Waals surface area contributed by atoms with Crippen LogP contribution in [0.4, 0.5) is 10.1 Å². The molecule has 0 fully saturated rings. The first kappa shape index (κ1) is 14.1. The summed E-state index contributed by atoms with van der Waals surface area (Å²) in [6, 6.07) is 11.8. The first-order chi connectivity index (χ1) is 9.50. The smallest absolute Gasteiger partial charge is 0.254 e. The Morgan fingerprint density at radius 1 is 1.20 bits per heavy atom. The highest BCUT2D eigenvalue weighted by Crippen LogP contribution is 2.20. The van der Waals surface area contributed by atoms with E-state index in [1.54, 1.807) is 25.1 Å². The van der Waals surface area contributed by atoms with Crippen molar-refractivity contribution >= 4 is 11.6 Å². The van der Waals surface area contributed by atoms with Crippen LogP contribution in [0.25, 0.3) is 0 Å². The third-order valence-electron chi connectivity index (χ3n) is 3.25. The molecule has 1 atom stereocenters. The summed E-state index contributed by atoms with van der Waals surface area (Å²) in [6.45, 7) is 3.45. The van der Waals surface area contributed by atoms with Crippen LogP contribution in [0.5, 0.6) is 0 Å². The number of hydrogen-bond donors (Lipinski definition) is 2. The van der Waals surface area contributed by atoms with Gasteiger partial charge in [-0.05, 0) is 37.1 Å². The molecule has 104 valence electrons. The molecule has 0 saturated heterocycles. The van der Waals surface area contributed by atoms with E-state index in [2.05, 4.69) is 5.32 Å². The largest absolute Gasteiger partial charge is 0.398 e. The second-order valence-corrected chi connectivity index (χ2v) is 4.76. The quantitative estimate of drug-likeness (QED) is 0.843. The van der Waals surface area contributed by atoms with Crippen LogP contribution in [0.1, 0.15) is 34.5 Å². The molecular formula is C16H17FN2O. The number of carbonyl (C=O) groups excluding carboxylic acids is 1. The van der Waals surface area contributed by atoms with Gasteiger partial charge in [0, 0.05) is 5.69 Å². The lowest BCUT2D eigenvalue weighted by Crippen LogP contribution is -2.28. The number of nitrogens with one attached hydrogen (secondary N) is 1. The lowest BCUT2D eigenvalue weighted by atomic mass is 10.1. The van der Waals surface area contributed by atoms with Gasteiger partial charge in [0.15, 0.2) is 0 Å². The Kier molecular flexibility index (Phi) is 4.03. The Hall–Kier alpha value is -2.36.